The third-order valence-electron chi connectivity index (χ3n) is 11.4. The smallest absolute Gasteiger partial charge is 0.247 e. The van der Waals surface area contributed by atoms with E-state index in [4.69, 9.17) is 0 Å². The van der Waals surface area contributed by atoms with E-state index >= 15 is 0 Å². The molecule has 2 atom stereocenters. The first-order valence-electron chi connectivity index (χ1n) is 22.8. The van der Waals surface area contributed by atoms with Crippen LogP contribution in [0.1, 0.15) is 283 Å². The van der Waals surface area contributed by atoms with Crippen LogP contribution in [-0.2, 0) is 0 Å². The molecule has 1 aromatic rings. The SMILES string of the molecule is CCCCCCCCCCCCCCCCCC(CCCCCCCCCCCCCCCC)c1[nH]cc[n+]1C(C)CCCCCCC. The summed E-state index contributed by atoms with van der Waals surface area (Å²) in [5.41, 5.74) is 0. The lowest BCUT2D eigenvalue weighted by Crippen LogP contribution is -2.41. The Labute approximate surface area is 304 Å². The molecule has 0 aliphatic carbocycles. The van der Waals surface area contributed by atoms with Crippen LogP contribution in [0.25, 0.3) is 0 Å². The highest BCUT2D eigenvalue weighted by Crippen LogP contribution is 2.27. The van der Waals surface area contributed by atoms with Crippen molar-refractivity contribution in [2.45, 2.75) is 277 Å². The molecule has 1 N–H and O–H groups in total. The third kappa shape index (κ3) is 27.0. The first-order chi connectivity index (χ1) is 23.7. The molecule has 0 aromatic carbocycles. The second-order valence-corrected chi connectivity index (χ2v) is 16.1. The van der Waals surface area contributed by atoms with Crippen molar-refractivity contribution in [2.24, 2.45) is 0 Å². The normalized spacial score (nSPS) is 13.0. The van der Waals surface area contributed by atoms with E-state index in [1.165, 1.54) is 243 Å². The highest BCUT2D eigenvalue weighted by atomic mass is 15.1. The average molecular weight is 672 g/mol. The molecule has 0 fully saturated rings. The molecule has 0 spiro atoms. The van der Waals surface area contributed by atoms with Gasteiger partial charge in [-0.2, -0.15) is 0 Å². The van der Waals surface area contributed by atoms with Gasteiger partial charge in [-0.25, -0.2) is 9.55 Å². The van der Waals surface area contributed by atoms with E-state index in [9.17, 15) is 0 Å². The van der Waals surface area contributed by atoms with E-state index in [-0.39, 0.29) is 0 Å². The molecule has 284 valence electrons. The summed E-state index contributed by atoms with van der Waals surface area (Å²) < 4.78 is 2.64. The Kier molecular flexibility index (Phi) is 33.9. The zero-order valence-corrected chi connectivity index (χ0v) is 33.9. The minimum Gasteiger partial charge on any atom is -0.247 e. The average Bonchev–Trinajstić information content (AvgIpc) is 3.59. The monoisotopic (exact) mass is 672 g/mol. The van der Waals surface area contributed by atoms with Gasteiger partial charge in [-0.3, -0.25) is 0 Å². The third-order valence-corrected chi connectivity index (χ3v) is 11.4. The van der Waals surface area contributed by atoms with Gasteiger partial charge in [0, 0.05) is 0 Å². The second kappa shape index (κ2) is 36.0. The molecule has 0 aliphatic rings. The summed E-state index contributed by atoms with van der Waals surface area (Å²) in [7, 11) is 0. The van der Waals surface area contributed by atoms with Crippen molar-refractivity contribution in [3.63, 3.8) is 0 Å². The molecule has 1 rings (SSSR count). The summed E-state index contributed by atoms with van der Waals surface area (Å²) in [6.07, 6.45) is 57.6. The van der Waals surface area contributed by atoms with E-state index < -0.39 is 0 Å². The molecule has 0 amide bonds. The maximum Gasteiger partial charge on any atom is 0.257 e. The summed E-state index contributed by atoms with van der Waals surface area (Å²) in [6, 6.07) is 0.618. The largest absolute Gasteiger partial charge is 0.257 e. The van der Waals surface area contributed by atoms with Crippen molar-refractivity contribution < 1.29 is 4.57 Å². The summed E-state index contributed by atoms with van der Waals surface area (Å²) in [5.74, 6) is 2.25. The molecule has 0 bridgehead atoms. The Hall–Kier alpha value is -0.790. The van der Waals surface area contributed by atoms with E-state index in [0.717, 1.165) is 0 Å². The highest BCUT2D eigenvalue weighted by molar-refractivity contribution is 4.90. The molecule has 1 aromatic heterocycles. The fraction of sp³-hybridized carbons (Fsp3) is 0.935. The molecule has 0 saturated carbocycles. The van der Waals surface area contributed by atoms with Crippen LogP contribution in [-0.4, -0.2) is 4.98 Å². The zero-order valence-electron chi connectivity index (χ0n) is 33.9. The Morgan fingerprint density at radius 1 is 0.396 bits per heavy atom. The standard InChI is InChI=1S/C46H90N2/c1-5-8-11-14-16-18-20-22-24-26-28-30-32-35-38-41-45(46-47-42-43-48(46)44(4)39-36-33-13-10-7-3)40-37-34-31-29-27-25-23-21-19-17-15-12-9-6-2/h42-45H,5-41H2,1-4H3/p+1. The summed E-state index contributed by atoms with van der Waals surface area (Å²) in [6.45, 7) is 9.42. The molecule has 2 heteroatoms. The van der Waals surface area contributed by atoms with E-state index in [1.54, 1.807) is 0 Å². The van der Waals surface area contributed by atoms with Crippen LogP contribution in [0, 0.1) is 0 Å². The molecule has 0 saturated heterocycles. The lowest BCUT2D eigenvalue weighted by molar-refractivity contribution is -0.727. The topological polar surface area (TPSA) is 19.7 Å². The predicted molar refractivity (Wildman–Crippen MR) is 216 cm³/mol. The van der Waals surface area contributed by atoms with Gasteiger partial charge in [-0.05, 0) is 32.6 Å². The number of rotatable bonds is 39. The van der Waals surface area contributed by atoms with E-state index in [1.807, 2.05) is 0 Å². The number of hydrogen-bond acceptors (Lipinski definition) is 0. The van der Waals surface area contributed by atoms with E-state index in [0.29, 0.717) is 12.0 Å². The van der Waals surface area contributed by atoms with Crippen LogP contribution in [0.3, 0.4) is 0 Å². The molecular formula is C46H91N2+. The fourth-order valence-electron chi connectivity index (χ4n) is 8.02. The van der Waals surface area contributed by atoms with Crippen LogP contribution in [0.5, 0.6) is 0 Å². The Morgan fingerprint density at radius 2 is 0.667 bits per heavy atom. The number of aromatic nitrogens is 2. The molecule has 0 aliphatic heterocycles. The second-order valence-electron chi connectivity index (χ2n) is 16.1. The van der Waals surface area contributed by atoms with Gasteiger partial charge in [0.25, 0.3) is 5.82 Å². The first-order valence-corrected chi connectivity index (χ1v) is 22.8. The van der Waals surface area contributed by atoms with Gasteiger partial charge in [0.05, 0.1) is 12.0 Å². The van der Waals surface area contributed by atoms with Crippen LogP contribution >= 0.6 is 0 Å². The van der Waals surface area contributed by atoms with Crippen molar-refractivity contribution in [3.05, 3.63) is 18.2 Å². The van der Waals surface area contributed by atoms with E-state index in [2.05, 4.69) is 49.6 Å². The summed E-state index contributed by atoms with van der Waals surface area (Å²) in [5, 5.41) is 0. The number of H-pyrrole nitrogens is 1. The number of nitrogens with zero attached hydrogens (tertiary/aromatic N) is 1. The van der Waals surface area contributed by atoms with Gasteiger partial charge in [-0.15, -0.1) is 0 Å². The number of imidazole rings is 1. The van der Waals surface area contributed by atoms with Crippen molar-refractivity contribution in [3.8, 4) is 0 Å². The molecule has 2 nitrogen and oxygen atoms in total. The lowest BCUT2D eigenvalue weighted by atomic mass is 9.92. The van der Waals surface area contributed by atoms with Gasteiger partial charge < -0.3 is 0 Å². The fourth-order valence-corrected chi connectivity index (χ4v) is 8.02. The number of hydrogen-bond donors (Lipinski definition) is 1. The van der Waals surface area contributed by atoms with Gasteiger partial charge >= 0.3 is 0 Å². The molecule has 1 heterocycles. The predicted octanol–water partition coefficient (Wildman–Crippen LogP) is 16.4. The Bertz CT molecular complexity index is 738. The summed E-state index contributed by atoms with van der Waals surface area (Å²) >= 11 is 0. The summed E-state index contributed by atoms with van der Waals surface area (Å²) in [4.78, 5) is 3.76. The Morgan fingerprint density at radius 3 is 0.979 bits per heavy atom. The van der Waals surface area contributed by atoms with Crippen molar-refractivity contribution >= 4 is 0 Å². The zero-order chi connectivity index (χ0) is 34.6. The minimum atomic E-state index is 0.618. The maximum atomic E-state index is 3.76. The number of aromatic amines is 1. The number of unbranched alkanes of at least 4 members (excludes halogenated alkanes) is 31. The van der Waals surface area contributed by atoms with Crippen molar-refractivity contribution in [1.29, 1.82) is 0 Å². The van der Waals surface area contributed by atoms with Gasteiger partial charge in [-0.1, -0.05) is 233 Å². The van der Waals surface area contributed by atoms with Gasteiger partial charge in [0.15, 0.2) is 0 Å². The van der Waals surface area contributed by atoms with Crippen LogP contribution in [0.15, 0.2) is 12.4 Å². The van der Waals surface area contributed by atoms with Crippen molar-refractivity contribution in [1.82, 2.24) is 4.98 Å². The van der Waals surface area contributed by atoms with Crippen LogP contribution < -0.4 is 4.57 Å². The lowest BCUT2D eigenvalue weighted by Gasteiger charge is -2.17. The quantitative estimate of drug-likeness (QED) is 0.0531. The Balaban J connectivity index is 2.32. The maximum absolute atomic E-state index is 3.76. The molecular weight excluding hydrogens is 581 g/mol. The van der Waals surface area contributed by atoms with Crippen LogP contribution in [0.4, 0.5) is 0 Å². The molecule has 2 unspecified atom stereocenters. The first kappa shape index (κ1) is 45.2. The van der Waals surface area contributed by atoms with Gasteiger partial charge in [0.2, 0.25) is 0 Å². The van der Waals surface area contributed by atoms with Crippen molar-refractivity contribution in [2.75, 3.05) is 0 Å². The number of nitrogens with one attached hydrogen (secondary N) is 1. The van der Waals surface area contributed by atoms with Gasteiger partial charge in [0.1, 0.15) is 12.4 Å². The molecule has 48 heavy (non-hydrogen) atoms. The minimum absolute atomic E-state index is 0.618. The molecule has 0 radical (unpaired) electrons. The van der Waals surface area contributed by atoms with Crippen LogP contribution in [0.2, 0.25) is 0 Å². The highest BCUT2D eigenvalue weighted by Gasteiger charge is 2.25.